The summed E-state index contributed by atoms with van der Waals surface area (Å²) < 4.78 is 9.49. The lowest BCUT2D eigenvalue weighted by atomic mass is 9.92. The molecule has 0 aliphatic rings. The molecular formula is C11H17NO4. The van der Waals surface area contributed by atoms with Crippen LogP contribution in [0.25, 0.3) is 0 Å². The van der Waals surface area contributed by atoms with Crippen molar-refractivity contribution in [2.75, 3.05) is 13.2 Å². The van der Waals surface area contributed by atoms with Gasteiger partial charge in [0.15, 0.2) is 0 Å². The van der Waals surface area contributed by atoms with E-state index in [1.165, 1.54) is 0 Å². The Morgan fingerprint density at radius 2 is 1.81 bits per heavy atom. The van der Waals surface area contributed by atoms with Crippen LogP contribution in [0.15, 0.2) is 0 Å². The van der Waals surface area contributed by atoms with Gasteiger partial charge in [0.05, 0.1) is 19.3 Å². The first-order chi connectivity index (χ1) is 7.56. The fraction of sp³-hybridized carbons (Fsp3) is 0.727. The molecule has 16 heavy (non-hydrogen) atoms. The Bertz CT molecular complexity index is 282. The molecule has 0 rings (SSSR count). The highest BCUT2D eigenvalue weighted by Crippen LogP contribution is 2.17. The maximum absolute atomic E-state index is 11.4. The molecule has 0 aromatic carbocycles. The lowest BCUT2D eigenvalue weighted by Crippen LogP contribution is -2.25. The Kier molecular flexibility index (Phi) is 6.93. The van der Waals surface area contributed by atoms with E-state index in [1.807, 2.05) is 6.07 Å². The third kappa shape index (κ3) is 4.78. The third-order valence-electron chi connectivity index (χ3n) is 2.04. The van der Waals surface area contributed by atoms with Gasteiger partial charge in [-0.3, -0.25) is 9.59 Å². The van der Waals surface area contributed by atoms with Gasteiger partial charge in [-0.15, -0.1) is 0 Å². The summed E-state index contributed by atoms with van der Waals surface area (Å²) in [4.78, 5) is 22.5. The molecule has 0 fully saturated rings. The minimum atomic E-state index is -0.913. The number of rotatable bonds is 6. The number of carbonyl (C=O) groups excluding carboxylic acids is 2. The molecule has 0 saturated carbocycles. The highest BCUT2D eigenvalue weighted by Gasteiger charge is 2.28. The number of hydrogen-bond acceptors (Lipinski definition) is 5. The Morgan fingerprint density at radius 1 is 1.25 bits per heavy atom. The largest absolute Gasteiger partial charge is 0.466 e. The lowest BCUT2D eigenvalue weighted by molar-refractivity contribution is -0.149. The van der Waals surface area contributed by atoms with Crippen molar-refractivity contribution in [3.63, 3.8) is 0 Å². The van der Waals surface area contributed by atoms with Crippen molar-refractivity contribution in [2.45, 2.75) is 27.2 Å². The monoisotopic (exact) mass is 227 g/mol. The first kappa shape index (κ1) is 14.4. The molecular weight excluding hydrogens is 210 g/mol. The van der Waals surface area contributed by atoms with E-state index >= 15 is 0 Å². The molecule has 0 radical (unpaired) electrons. The summed E-state index contributed by atoms with van der Waals surface area (Å²) in [5.41, 5.74) is 0. The molecule has 0 saturated heterocycles. The normalized spacial score (nSPS) is 13.4. The van der Waals surface area contributed by atoms with Crippen molar-refractivity contribution in [3.05, 3.63) is 0 Å². The SMILES string of the molecule is CCOC(=O)C[C@H](C)[C@@H](C#N)C(=O)OCC. The molecule has 0 bridgehead atoms. The minimum absolute atomic E-state index is 0.0465. The van der Waals surface area contributed by atoms with Crippen LogP contribution >= 0.6 is 0 Å². The highest BCUT2D eigenvalue weighted by atomic mass is 16.5. The predicted molar refractivity (Wildman–Crippen MR) is 56.2 cm³/mol. The second-order valence-corrected chi connectivity index (χ2v) is 3.35. The van der Waals surface area contributed by atoms with Crippen molar-refractivity contribution in [1.82, 2.24) is 0 Å². The molecule has 0 unspecified atom stereocenters. The quantitative estimate of drug-likeness (QED) is 0.639. The van der Waals surface area contributed by atoms with Gasteiger partial charge in [-0.2, -0.15) is 5.26 Å². The van der Waals surface area contributed by atoms with Crippen molar-refractivity contribution in [2.24, 2.45) is 11.8 Å². The van der Waals surface area contributed by atoms with E-state index in [-0.39, 0.29) is 13.0 Å². The Labute approximate surface area is 95.3 Å². The fourth-order valence-electron chi connectivity index (χ4n) is 1.24. The summed E-state index contributed by atoms with van der Waals surface area (Å²) in [5.74, 6) is -2.30. The summed E-state index contributed by atoms with van der Waals surface area (Å²) >= 11 is 0. The van der Waals surface area contributed by atoms with E-state index in [2.05, 4.69) is 0 Å². The molecule has 0 heterocycles. The summed E-state index contributed by atoms with van der Waals surface area (Å²) in [7, 11) is 0. The maximum Gasteiger partial charge on any atom is 0.323 e. The van der Waals surface area contributed by atoms with Crippen LogP contribution in [0.5, 0.6) is 0 Å². The first-order valence-corrected chi connectivity index (χ1v) is 5.28. The van der Waals surface area contributed by atoms with Gasteiger partial charge in [0.2, 0.25) is 0 Å². The Hall–Kier alpha value is -1.57. The molecule has 5 nitrogen and oxygen atoms in total. The maximum atomic E-state index is 11.4. The molecule has 0 aliphatic heterocycles. The number of hydrogen-bond donors (Lipinski definition) is 0. The Balaban J connectivity index is 4.32. The molecule has 5 heteroatoms. The molecule has 0 amide bonds. The fourth-order valence-corrected chi connectivity index (χ4v) is 1.24. The molecule has 2 atom stereocenters. The van der Waals surface area contributed by atoms with Crippen molar-refractivity contribution in [1.29, 1.82) is 5.26 Å². The molecule has 0 aromatic rings. The average Bonchev–Trinajstić information content (AvgIpc) is 2.19. The molecule has 90 valence electrons. The van der Waals surface area contributed by atoms with Crippen LogP contribution < -0.4 is 0 Å². The van der Waals surface area contributed by atoms with Crippen molar-refractivity contribution >= 4 is 11.9 Å². The first-order valence-electron chi connectivity index (χ1n) is 5.28. The zero-order chi connectivity index (χ0) is 12.6. The van der Waals surface area contributed by atoms with Gasteiger partial charge in [-0.25, -0.2) is 0 Å². The van der Waals surface area contributed by atoms with E-state index in [9.17, 15) is 9.59 Å². The van der Waals surface area contributed by atoms with E-state index in [0.717, 1.165) is 0 Å². The molecule has 0 N–H and O–H groups in total. The van der Waals surface area contributed by atoms with Crippen LogP contribution in [-0.2, 0) is 19.1 Å². The van der Waals surface area contributed by atoms with Gasteiger partial charge in [-0.1, -0.05) is 6.92 Å². The van der Waals surface area contributed by atoms with Gasteiger partial charge >= 0.3 is 11.9 Å². The van der Waals surface area contributed by atoms with Gasteiger partial charge in [0.1, 0.15) is 5.92 Å². The minimum Gasteiger partial charge on any atom is -0.466 e. The summed E-state index contributed by atoms with van der Waals surface area (Å²) in [5, 5.41) is 8.83. The van der Waals surface area contributed by atoms with Crippen LogP contribution in [0.3, 0.4) is 0 Å². The molecule has 0 aliphatic carbocycles. The second-order valence-electron chi connectivity index (χ2n) is 3.35. The predicted octanol–water partition coefficient (Wildman–Crippen LogP) is 1.28. The summed E-state index contributed by atoms with van der Waals surface area (Å²) in [6.45, 7) is 5.55. The highest BCUT2D eigenvalue weighted by molar-refractivity contribution is 5.77. The Morgan fingerprint density at radius 3 is 2.25 bits per heavy atom. The van der Waals surface area contributed by atoms with Crippen molar-refractivity contribution in [3.8, 4) is 6.07 Å². The second kappa shape index (κ2) is 7.69. The zero-order valence-electron chi connectivity index (χ0n) is 9.86. The van der Waals surface area contributed by atoms with E-state index in [1.54, 1.807) is 20.8 Å². The van der Waals surface area contributed by atoms with Gasteiger partial charge < -0.3 is 9.47 Å². The van der Waals surface area contributed by atoms with Gasteiger partial charge in [0, 0.05) is 6.42 Å². The number of nitrogens with zero attached hydrogens (tertiary/aromatic N) is 1. The lowest BCUT2D eigenvalue weighted by Gasteiger charge is -2.15. The average molecular weight is 227 g/mol. The molecule has 0 aromatic heterocycles. The van der Waals surface area contributed by atoms with Crippen LogP contribution in [0.4, 0.5) is 0 Å². The topological polar surface area (TPSA) is 76.4 Å². The van der Waals surface area contributed by atoms with Crippen LogP contribution in [0, 0.1) is 23.2 Å². The summed E-state index contributed by atoms with van der Waals surface area (Å²) in [6.07, 6.45) is 0.0465. The van der Waals surface area contributed by atoms with E-state index < -0.39 is 23.8 Å². The molecule has 0 spiro atoms. The van der Waals surface area contributed by atoms with Gasteiger partial charge in [0.25, 0.3) is 0 Å². The zero-order valence-corrected chi connectivity index (χ0v) is 9.86. The van der Waals surface area contributed by atoms with Crippen LogP contribution in [0.2, 0.25) is 0 Å². The smallest absolute Gasteiger partial charge is 0.323 e. The van der Waals surface area contributed by atoms with Crippen molar-refractivity contribution < 1.29 is 19.1 Å². The standard InChI is InChI=1S/C11H17NO4/c1-4-15-10(13)6-8(3)9(7-12)11(14)16-5-2/h8-9H,4-6H2,1-3H3/t8-,9+/m0/s1. The van der Waals surface area contributed by atoms with Crippen LogP contribution in [0.1, 0.15) is 27.2 Å². The van der Waals surface area contributed by atoms with E-state index in [0.29, 0.717) is 6.61 Å². The number of ether oxygens (including phenoxy) is 2. The number of carbonyl (C=O) groups is 2. The third-order valence-corrected chi connectivity index (χ3v) is 2.04. The number of esters is 2. The van der Waals surface area contributed by atoms with Crippen LogP contribution in [-0.4, -0.2) is 25.2 Å². The van der Waals surface area contributed by atoms with E-state index in [4.69, 9.17) is 14.7 Å². The van der Waals surface area contributed by atoms with Gasteiger partial charge in [-0.05, 0) is 19.8 Å². The number of nitriles is 1. The summed E-state index contributed by atoms with van der Waals surface area (Å²) in [6, 6.07) is 1.85.